The van der Waals surface area contributed by atoms with Crippen molar-refractivity contribution in [3.05, 3.63) is 41.1 Å². The van der Waals surface area contributed by atoms with Gasteiger partial charge in [-0.1, -0.05) is 52.8 Å². The summed E-state index contributed by atoms with van der Waals surface area (Å²) in [5, 5.41) is 1.42. The highest BCUT2D eigenvalue weighted by Gasteiger charge is 2.40. The van der Waals surface area contributed by atoms with Gasteiger partial charge in [0.25, 0.3) is 0 Å². The molecule has 0 radical (unpaired) electrons. The van der Waals surface area contributed by atoms with Crippen molar-refractivity contribution in [3.8, 4) is 0 Å². The number of aryl methyl sites for hydroxylation is 2. The van der Waals surface area contributed by atoms with Gasteiger partial charge in [-0.3, -0.25) is 9.88 Å². The highest BCUT2D eigenvalue weighted by atomic mass is 28.4. The van der Waals surface area contributed by atoms with Crippen molar-refractivity contribution in [2.24, 2.45) is 0 Å². The van der Waals surface area contributed by atoms with E-state index in [9.17, 15) is 0 Å². The molecule has 2 rings (SSSR count). The average Bonchev–Trinajstić information content (AvgIpc) is 2.56. The Labute approximate surface area is 167 Å². The Balaban J connectivity index is 2.44. The molecule has 27 heavy (non-hydrogen) atoms. The van der Waals surface area contributed by atoms with Gasteiger partial charge in [0.05, 0.1) is 5.52 Å². The van der Waals surface area contributed by atoms with Gasteiger partial charge in [-0.2, -0.15) is 0 Å². The van der Waals surface area contributed by atoms with E-state index < -0.39 is 8.32 Å². The summed E-state index contributed by atoms with van der Waals surface area (Å²) in [7, 11) is -1.87. The van der Waals surface area contributed by atoms with Crippen molar-refractivity contribution in [2.75, 3.05) is 13.1 Å². The van der Waals surface area contributed by atoms with Crippen LogP contribution < -0.4 is 0 Å². The normalized spacial score (nSPS) is 14.1. The quantitative estimate of drug-likeness (QED) is 0.425. The Kier molecular flexibility index (Phi) is 6.88. The van der Waals surface area contributed by atoms with E-state index in [1.165, 1.54) is 16.5 Å². The molecule has 0 bridgehead atoms. The van der Waals surface area contributed by atoms with E-state index in [1.54, 1.807) is 0 Å². The standard InChI is InChI=1S/C23H38N2OSi/c1-10-25(11-2)21(26-27(8,9)23(5,6)7)16-20-14-12-13-19-15-17(3)18(4)24-22(19)20/h12-15,21H,10-11,16H2,1-9H3. The maximum absolute atomic E-state index is 6.89. The second kappa shape index (κ2) is 8.42. The third-order valence-electron chi connectivity index (χ3n) is 6.22. The summed E-state index contributed by atoms with van der Waals surface area (Å²) in [5.41, 5.74) is 4.76. The number of aromatic nitrogens is 1. The van der Waals surface area contributed by atoms with Crippen LogP contribution in [0.4, 0.5) is 0 Å². The molecule has 0 aliphatic carbocycles. The van der Waals surface area contributed by atoms with Crippen LogP contribution in [0, 0.1) is 13.8 Å². The van der Waals surface area contributed by atoms with Gasteiger partial charge in [0.2, 0.25) is 0 Å². The predicted octanol–water partition coefficient (Wildman–Crippen LogP) is 6.08. The summed E-state index contributed by atoms with van der Waals surface area (Å²) < 4.78 is 6.89. The lowest BCUT2D eigenvalue weighted by atomic mass is 10.0. The van der Waals surface area contributed by atoms with E-state index in [1.807, 2.05) is 0 Å². The van der Waals surface area contributed by atoms with Crippen LogP contribution in [0.1, 0.15) is 51.4 Å². The third-order valence-corrected chi connectivity index (χ3v) is 10.7. The molecule has 1 aromatic heterocycles. The topological polar surface area (TPSA) is 25.4 Å². The summed E-state index contributed by atoms with van der Waals surface area (Å²) >= 11 is 0. The number of para-hydroxylation sites is 1. The zero-order valence-electron chi connectivity index (χ0n) is 18.8. The second-order valence-electron chi connectivity index (χ2n) is 9.14. The lowest BCUT2D eigenvalue weighted by Crippen LogP contribution is -2.50. The first-order valence-corrected chi connectivity index (χ1v) is 13.2. The molecule has 1 aromatic carbocycles. The fourth-order valence-corrected chi connectivity index (χ4v) is 4.47. The Morgan fingerprint density at radius 1 is 1.11 bits per heavy atom. The fourth-order valence-electron chi connectivity index (χ4n) is 3.20. The highest BCUT2D eigenvalue weighted by molar-refractivity contribution is 6.74. The monoisotopic (exact) mass is 386 g/mol. The molecule has 150 valence electrons. The van der Waals surface area contributed by atoms with Gasteiger partial charge in [-0.25, -0.2) is 0 Å². The maximum Gasteiger partial charge on any atom is 0.194 e. The number of benzene rings is 1. The highest BCUT2D eigenvalue weighted by Crippen LogP contribution is 2.38. The number of fused-ring (bicyclic) bond motifs is 1. The van der Waals surface area contributed by atoms with E-state index in [4.69, 9.17) is 9.41 Å². The van der Waals surface area contributed by atoms with Gasteiger partial charge in [0, 0.05) is 17.5 Å². The van der Waals surface area contributed by atoms with Crippen LogP contribution in [0.15, 0.2) is 24.3 Å². The van der Waals surface area contributed by atoms with Gasteiger partial charge in [-0.05, 0) is 62.3 Å². The van der Waals surface area contributed by atoms with Crippen LogP contribution >= 0.6 is 0 Å². The molecule has 1 unspecified atom stereocenters. The van der Waals surface area contributed by atoms with Gasteiger partial charge >= 0.3 is 0 Å². The van der Waals surface area contributed by atoms with Crippen molar-refractivity contribution in [1.29, 1.82) is 0 Å². The molecule has 1 heterocycles. The zero-order chi connectivity index (χ0) is 20.4. The fraction of sp³-hybridized carbons (Fsp3) is 0.609. The van der Waals surface area contributed by atoms with Crippen molar-refractivity contribution >= 4 is 19.2 Å². The minimum Gasteiger partial charge on any atom is -0.401 e. The smallest absolute Gasteiger partial charge is 0.194 e. The Morgan fingerprint density at radius 3 is 2.30 bits per heavy atom. The molecular weight excluding hydrogens is 348 g/mol. The van der Waals surface area contributed by atoms with Gasteiger partial charge in [0.1, 0.15) is 6.23 Å². The predicted molar refractivity (Wildman–Crippen MR) is 120 cm³/mol. The van der Waals surface area contributed by atoms with Crippen LogP contribution in [0.25, 0.3) is 10.9 Å². The van der Waals surface area contributed by atoms with E-state index in [-0.39, 0.29) is 11.3 Å². The summed E-state index contributed by atoms with van der Waals surface area (Å²) in [6, 6.07) is 8.79. The summed E-state index contributed by atoms with van der Waals surface area (Å²) in [6.45, 7) is 22.3. The van der Waals surface area contributed by atoms with E-state index in [0.29, 0.717) is 0 Å². The van der Waals surface area contributed by atoms with Crippen molar-refractivity contribution < 1.29 is 4.43 Å². The van der Waals surface area contributed by atoms with Crippen LogP contribution in [0.5, 0.6) is 0 Å². The van der Waals surface area contributed by atoms with Gasteiger partial charge in [-0.15, -0.1) is 0 Å². The lowest BCUT2D eigenvalue weighted by Gasteiger charge is -2.42. The molecule has 2 aromatic rings. The lowest BCUT2D eigenvalue weighted by molar-refractivity contribution is 0.0219. The van der Waals surface area contributed by atoms with Crippen LogP contribution in [-0.4, -0.2) is 37.5 Å². The second-order valence-corrected chi connectivity index (χ2v) is 13.9. The summed E-state index contributed by atoms with van der Waals surface area (Å²) in [5.74, 6) is 0. The molecule has 0 amide bonds. The number of hydrogen-bond donors (Lipinski definition) is 0. The molecule has 4 heteroatoms. The Morgan fingerprint density at radius 2 is 1.74 bits per heavy atom. The summed E-state index contributed by atoms with van der Waals surface area (Å²) in [6.07, 6.45) is 0.969. The van der Waals surface area contributed by atoms with Crippen molar-refractivity contribution in [1.82, 2.24) is 9.88 Å². The molecule has 0 fully saturated rings. The van der Waals surface area contributed by atoms with Gasteiger partial charge in [0.15, 0.2) is 8.32 Å². The number of hydrogen-bond acceptors (Lipinski definition) is 3. The SMILES string of the molecule is CCN(CC)C(Cc1cccc2cc(C)c(C)nc12)O[Si](C)(C)C(C)(C)C. The third kappa shape index (κ3) is 4.98. The first kappa shape index (κ1) is 22.1. The molecular formula is C23H38N2OSi. The largest absolute Gasteiger partial charge is 0.401 e. The van der Waals surface area contributed by atoms with Gasteiger partial charge < -0.3 is 4.43 Å². The minimum atomic E-state index is -1.87. The maximum atomic E-state index is 6.89. The van der Waals surface area contributed by atoms with E-state index >= 15 is 0 Å². The molecule has 0 spiro atoms. The van der Waals surface area contributed by atoms with Crippen molar-refractivity contribution in [3.63, 3.8) is 0 Å². The number of likely N-dealkylation sites (N-methyl/N-ethyl adjacent to an activating group) is 1. The molecule has 3 nitrogen and oxygen atoms in total. The minimum absolute atomic E-state index is 0.0925. The first-order valence-electron chi connectivity index (χ1n) is 10.3. The molecule has 1 atom stereocenters. The number of nitrogens with zero attached hydrogens (tertiary/aromatic N) is 2. The van der Waals surface area contributed by atoms with E-state index in [0.717, 1.165) is 30.7 Å². The van der Waals surface area contributed by atoms with E-state index in [2.05, 4.69) is 90.7 Å². The van der Waals surface area contributed by atoms with Crippen LogP contribution in [-0.2, 0) is 10.8 Å². The van der Waals surface area contributed by atoms with Crippen molar-refractivity contribution in [2.45, 2.75) is 79.2 Å². The molecule has 0 N–H and O–H groups in total. The molecule has 0 aliphatic rings. The number of pyridine rings is 1. The first-order chi connectivity index (χ1) is 12.5. The zero-order valence-corrected chi connectivity index (χ0v) is 19.8. The summed E-state index contributed by atoms with van der Waals surface area (Å²) in [4.78, 5) is 7.37. The Hall–Kier alpha value is -1.23. The molecule has 0 saturated carbocycles. The Bertz CT molecular complexity index is 776. The average molecular weight is 387 g/mol. The van der Waals surface area contributed by atoms with Crippen LogP contribution in [0.2, 0.25) is 18.1 Å². The number of rotatable bonds is 7. The molecule has 0 saturated heterocycles. The van der Waals surface area contributed by atoms with Crippen LogP contribution in [0.3, 0.4) is 0 Å². The molecule has 0 aliphatic heterocycles.